The van der Waals surface area contributed by atoms with Gasteiger partial charge in [-0.05, 0) is 102 Å². The molecule has 0 bridgehead atoms. The largest absolute Gasteiger partial charge is 0.444 e. The number of fused-ring (bicyclic) bond motifs is 1. The number of hydrogen-bond donors (Lipinski definition) is 2. The van der Waals surface area contributed by atoms with E-state index in [1.807, 2.05) is 43.9 Å². The summed E-state index contributed by atoms with van der Waals surface area (Å²) in [4.78, 5) is 33.2. The van der Waals surface area contributed by atoms with E-state index in [-0.39, 0.29) is 18.0 Å². The lowest BCUT2D eigenvalue weighted by molar-refractivity contribution is 0.0243. The smallest absolute Gasteiger partial charge is 0.410 e. The zero-order chi connectivity index (χ0) is 28.4. The van der Waals surface area contributed by atoms with Crippen LogP contribution in [0.1, 0.15) is 74.4 Å². The second kappa shape index (κ2) is 11.7. The SMILES string of the molecule is Cc1cc(CN2CCCC2)cc2c1N([C@@H]1CCCCN(C(=O)OC(C)(C)C)C1)C(N(N)C(=O)c1ccccc1)N2. The zero-order valence-corrected chi connectivity index (χ0v) is 24.4. The number of hydrazine groups is 1. The number of rotatable bonds is 5. The van der Waals surface area contributed by atoms with E-state index in [4.69, 9.17) is 10.6 Å². The number of carbonyl (C=O) groups is 2. The van der Waals surface area contributed by atoms with E-state index in [2.05, 4.69) is 34.2 Å². The minimum Gasteiger partial charge on any atom is -0.444 e. The molecule has 0 radical (unpaired) electrons. The summed E-state index contributed by atoms with van der Waals surface area (Å²) in [6.45, 7) is 12.1. The molecule has 3 N–H and O–H groups in total. The standard InChI is InChI=1S/C31H44N6O3/c1-22-18-23(20-34-15-10-11-16-34)19-26-27(22)36(29(33-26)37(32)28(38)24-12-6-5-7-13-24)25-14-8-9-17-35(21-25)30(39)40-31(2,3)4/h5-7,12-13,18-19,25,29,33H,8-11,14-17,20-21,32H2,1-4H3/t25-,29?/m1/s1. The zero-order valence-electron chi connectivity index (χ0n) is 24.4. The van der Waals surface area contributed by atoms with E-state index in [0.29, 0.717) is 18.7 Å². The fourth-order valence-corrected chi connectivity index (χ4v) is 6.19. The van der Waals surface area contributed by atoms with Crippen molar-refractivity contribution in [3.63, 3.8) is 0 Å². The third-order valence-electron chi connectivity index (χ3n) is 7.98. The molecule has 2 aromatic rings. The number of likely N-dealkylation sites (tertiary alicyclic amines) is 2. The Kier molecular flexibility index (Phi) is 8.24. The number of nitrogens with one attached hydrogen (secondary N) is 1. The monoisotopic (exact) mass is 548 g/mol. The first-order valence-electron chi connectivity index (χ1n) is 14.6. The Morgan fingerprint density at radius 1 is 1.05 bits per heavy atom. The maximum Gasteiger partial charge on any atom is 0.410 e. The van der Waals surface area contributed by atoms with Crippen LogP contribution in [-0.4, -0.2) is 70.9 Å². The highest BCUT2D eigenvalue weighted by molar-refractivity contribution is 5.95. The van der Waals surface area contributed by atoms with E-state index in [1.165, 1.54) is 23.4 Å². The molecule has 1 unspecified atom stereocenters. The number of aryl methyl sites for hydroxylation is 1. The summed E-state index contributed by atoms with van der Waals surface area (Å²) in [5, 5.41) is 4.90. The molecule has 3 heterocycles. The van der Waals surface area contributed by atoms with Gasteiger partial charge in [-0.25, -0.2) is 15.6 Å². The second-order valence-electron chi connectivity index (χ2n) is 12.4. The molecule has 2 fully saturated rings. The number of hydrogen-bond acceptors (Lipinski definition) is 7. The third kappa shape index (κ3) is 6.20. The third-order valence-corrected chi connectivity index (χ3v) is 7.98. The highest BCUT2D eigenvalue weighted by atomic mass is 16.6. The highest BCUT2D eigenvalue weighted by Crippen LogP contribution is 2.42. The maximum absolute atomic E-state index is 13.5. The molecule has 2 saturated heterocycles. The predicted octanol–water partition coefficient (Wildman–Crippen LogP) is 4.91. The van der Waals surface area contributed by atoms with Crippen molar-refractivity contribution in [2.24, 2.45) is 5.84 Å². The summed E-state index contributed by atoms with van der Waals surface area (Å²) in [6, 6.07) is 13.5. The van der Waals surface area contributed by atoms with Crippen molar-refractivity contribution in [1.82, 2.24) is 14.8 Å². The van der Waals surface area contributed by atoms with Crippen LogP contribution in [0.3, 0.4) is 0 Å². The van der Waals surface area contributed by atoms with E-state index >= 15 is 0 Å². The topological polar surface area (TPSA) is 94.4 Å². The maximum atomic E-state index is 13.5. The fraction of sp³-hybridized carbons (Fsp3) is 0.548. The van der Waals surface area contributed by atoms with Crippen molar-refractivity contribution in [2.75, 3.05) is 36.4 Å². The quantitative estimate of drug-likeness (QED) is 0.311. The average molecular weight is 549 g/mol. The molecule has 0 aromatic heterocycles. The lowest BCUT2D eigenvalue weighted by Gasteiger charge is -2.40. The van der Waals surface area contributed by atoms with Crippen LogP contribution in [0.4, 0.5) is 16.2 Å². The second-order valence-corrected chi connectivity index (χ2v) is 12.4. The van der Waals surface area contributed by atoms with Gasteiger partial charge in [0.15, 0.2) is 6.29 Å². The molecule has 2 amide bonds. The van der Waals surface area contributed by atoms with Gasteiger partial charge in [0.25, 0.3) is 5.91 Å². The minimum absolute atomic E-state index is 0.0495. The van der Waals surface area contributed by atoms with Crippen LogP contribution in [-0.2, 0) is 11.3 Å². The minimum atomic E-state index is -0.591. The van der Waals surface area contributed by atoms with Crippen molar-refractivity contribution in [2.45, 2.75) is 84.3 Å². The van der Waals surface area contributed by atoms with Crippen molar-refractivity contribution < 1.29 is 14.3 Å². The number of nitrogens with two attached hydrogens (primary N) is 1. The first kappa shape index (κ1) is 28.2. The predicted molar refractivity (Wildman–Crippen MR) is 158 cm³/mol. The molecule has 2 atom stereocenters. The van der Waals surface area contributed by atoms with Crippen molar-refractivity contribution in [3.8, 4) is 0 Å². The van der Waals surface area contributed by atoms with Crippen LogP contribution in [0.15, 0.2) is 42.5 Å². The molecule has 5 rings (SSSR count). The van der Waals surface area contributed by atoms with E-state index in [9.17, 15) is 9.59 Å². The van der Waals surface area contributed by atoms with Crippen molar-refractivity contribution in [1.29, 1.82) is 0 Å². The molecule has 0 spiro atoms. The number of anilines is 2. The van der Waals surface area contributed by atoms with Crippen LogP contribution in [0, 0.1) is 6.92 Å². The molecule has 3 aliphatic rings. The highest BCUT2D eigenvalue weighted by Gasteiger charge is 2.42. The number of nitrogens with zero attached hydrogens (tertiary/aromatic N) is 4. The van der Waals surface area contributed by atoms with Gasteiger partial charge in [-0.3, -0.25) is 9.69 Å². The van der Waals surface area contributed by atoms with Crippen molar-refractivity contribution >= 4 is 23.4 Å². The van der Waals surface area contributed by atoms with Gasteiger partial charge in [-0.1, -0.05) is 24.3 Å². The first-order valence-corrected chi connectivity index (χ1v) is 14.6. The van der Waals surface area contributed by atoms with Gasteiger partial charge in [0.05, 0.1) is 17.4 Å². The molecular weight excluding hydrogens is 504 g/mol. The Morgan fingerprint density at radius 2 is 1.75 bits per heavy atom. The Labute approximate surface area is 238 Å². The van der Waals surface area contributed by atoms with Crippen LogP contribution in [0.5, 0.6) is 0 Å². The molecule has 9 heteroatoms. The van der Waals surface area contributed by atoms with Gasteiger partial charge < -0.3 is 19.9 Å². The molecule has 0 aliphatic carbocycles. The van der Waals surface area contributed by atoms with Gasteiger partial charge in [0.1, 0.15) is 5.60 Å². The fourth-order valence-electron chi connectivity index (χ4n) is 6.19. The lowest BCUT2D eigenvalue weighted by Crippen LogP contribution is -2.60. The van der Waals surface area contributed by atoms with Crippen LogP contribution in [0.2, 0.25) is 0 Å². The van der Waals surface area contributed by atoms with Crippen molar-refractivity contribution in [3.05, 3.63) is 59.2 Å². The average Bonchev–Trinajstić information content (AvgIpc) is 3.48. The summed E-state index contributed by atoms with van der Waals surface area (Å²) in [7, 11) is 0. The van der Waals surface area contributed by atoms with E-state index in [1.54, 1.807) is 12.1 Å². The molecule has 216 valence electrons. The molecule has 3 aliphatic heterocycles. The Bertz CT molecular complexity index is 1210. The van der Waals surface area contributed by atoms with Gasteiger partial charge in [0.2, 0.25) is 0 Å². The Hall–Kier alpha value is -3.30. The molecular formula is C31H44N6O3. The first-order chi connectivity index (χ1) is 19.1. The van der Waals surface area contributed by atoms with E-state index in [0.717, 1.165) is 55.8 Å². The number of ether oxygens (including phenoxy) is 1. The normalized spacial score (nSPS) is 21.5. The lowest BCUT2D eigenvalue weighted by atomic mass is 10.0. The summed E-state index contributed by atoms with van der Waals surface area (Å²) < 4.78 is 5.75. The van der Waals surface area contributed by atoms with Crippen LogP contribution in [0.25, 0.3) is 0 Å². The Morgan fingerprint density at radius 3 is 2.45 bits per heavy atom. The van der Waals surface area contributed by atoms with Gasteiger partial charge >= 0.3 is 6.09 Å². The summed E-state index contributed by atoms with van der Waals surface area (Å²) in [6.07, 6.45) is 4.34. The molecule has 9 nitrogen and oxygen atoms in total. The molecule has 0 saturated carbocycles. The number of amides is 2. The van der Waals surface area contributed by atoms with Gasteiger partial charge in [-0.15, -0.1) is 0 Å². The van der Waals surface area contributed by atoms with Crippen LogP contribution < -0.4 is 16.1 Å². The molecule has 40 heavy (non-hydrogen) atoms. The number of benzene rings is 2. The Balaban J connectivity index is 1.48. The summed E-state index contributed by atoms with van der Waals surface area (Å²) >= 11 is 0. The van der Waals surface area contributed by atoms with Gasteiger partial charge in [-0.2, -0.15) is 0 Å². The van der Waals surface area contributed by atoms with E-state index < -0.39 is 11.9 Å². The molecule has 2 aromatic carbocycles. The number of carbonyl (C=O) groups excluding carboxylic acids is 2. The summed E-state index contributed by atoms with van der Waals surface area (Å²) in [5.41, 5.74) is 4.37. The van der Waals surface area contributed by atoms with Gasteiger partial charge in [0, 0.05) is 25.2 Å². The van der Waals surface area contributed by atoms with Crippen LogP contribution >= 0.6 is 0 Å². The summed E-state index contributed by atoms with van der Waals surface area (Å²) in [5.74, 6) is 6.37.